The number of nitrogens with one attached hydrogen (secondary N) is 1. The number of rotatable bonds is 4. The Balaban J connectivity index is 1.85. The van der Waals surface area contributed by atoms with Gasteiger partial charge in [0.15, 0.2) is 0 Å². The third-order valence-electron chi connectivity index (χ3n) is 3.84. The van der Waals surface area contributed by atoms with Crippen molar-refractivity contribution < 1.29 is 4.39 Å². The van der Waals surface area contributed by atoms with Crippen LogP contribution in [0.2, 0.25) is 0 Å². The molecule has 18 heavy (non-hydrogen) atoms. The van der Waals surface area contributed by atoms with Crippen molar-refractivity contribution in [3.63, 3.8) is 0 Å². The molecule has 2 rings (SSSR count). The fourth-order valence-corrected chi connectivity index (χ4v) is 2.63. The lowest BCUT2D eigenvalue weighted by Crippen LogP contribution is -2.36. The lowest BCUT2D eigenvalue weighted by atomic mass is 9.96. The van der Waals surface area contributed by atoms with Crippen LogP contribution in [0.3, 0.4) is 0 Å². The average molecular weight is 250 g/mol. The molecule has 0 aromatic heterocycles. The van der Waals surface area contributed by atoms with Crippen LogP contribution in [-0.2, 0) is 6.54 Å². The Bertz CT molecular complexity index is 384. The maximum Gasteiger partial charge on any atom is 0.126 e. The molecule has 0 atom stereocenters. The fourth-order valence-electron chi connectivity index (χ4n) is 2.63. The quantitative estimate of drug-likeness (QED) is 0.883. The third kappa shape index (κ3) is 3.53. The predicted molar refractivity (Wildman–Crippen MR) is 73.1 cm³/mol. The molecule has 0 spiro atoms. The molecule has 0 amide bonds. The van der Waals surface area contributed by atoms with Gasteiger partial charge in [-0.2, -0.15) is 0 Å². The fraction of sp³-hybridized carbons (Fsp3) is 0.600. The standard InChI is InChI=1S/C15H23FN2/c1-12-3-4-14(9-15(12)16)11-18-7-5-13(6-8-18)10-17-2/h3-4,9,13,17H,5-8,10-11H2,1-2H3. The number of hydrogen-bond acceptors (Lipinski definition) is 2. The topological polar surface area (TPSA) is 15.3 Å². The van der Waals surface area contributed by atoms with Crippen LogP contribution in [0.15, 0.2) is 18.2 Å². The maximum absolute atomic E-state index is 13.5. The Morgan fingerprint density at radius 3 is 2.67 bits per heavy atom. The molecule has 1 N–H and O–H groups in total. The highest BCUT2D eigenvalue weighted by Gasteiger charge is 2.18. The smallest absolute Gasteiger partial charge is 0.126 e. The minimum Gasteiger partial charge on any atom is -0.319 e. The van der Waals surface area contributed by atoms with Gasteiger partial charge in [0.25, 0.3) is 0 Å². The van der Waals surface area contributed by atoms with Gasteiger partial charge in [0, 0.05) is 6.54 Å². The van der Waals surface area contributed by atoms with Gasteiger partial charge < -0.3 is 5.32 Å². The minimum absolute atomic E-state index is 0.0856. The normalized spacial score (nSPS) is 18.2. The molecule has 1 fully saturated rings. The van der Waals surface area contributed by atoms with Gasteiger partial charge in [0.05, 0.1) is 0 Å². The van der Waals surface area contributed by atoms with E-state index in [2.05, 4.69) is 10.2 Å². The Hall–Kier alpha value is -0.930. The van der Waals surface area contributed by atoms with E-state index in [1.165, 1.54) is 12.8 Å². The Kier molecular flexibility index (Phi) is 4.72. The minimum atomic E-state index is -0.0856. The highest BCUT2D eigenvalue weighted by molar-refractivity contribution is 5.23. The van der Waals surface area contributed by atoms with Crippen molar-refractivity contribution in [3.8, 4) is 0 Å². The summed E-state index contributed by atoms with van der Waals surface area (Å²) in [5.74, 6) is 0.721. The van der Waals surface area contributed by atoms with E-state index in [1.54, 1.807) is 6.07 Å². The Labute approximate surface area is 109 Å². The summed E-state index contributed by atoms with van der Waals surface area (Å²) in [6.45, 7) is 6.06. The SMILES string of the molecule is CNCC1CCN(Cc2ccc(C)c(F)c2)CC1. The second-order valence-electron chi connectivity index (χ2n) is 5.36. The number of halogens is 1. The molecule has 1 aliphatic heterocycles. The van der Waals surface area contributed by atoms with E-state index < -0.39 is 0 Å². The molecule has 0 radical (unpaired) electrons. The Morgan fingerprint density at radius 2 is 2.06 bits per heavy atom. The lowest BCUT2D eigenvalue weighted by molar-refractivity contribution is 0.176. The van der Waals surface area contributed by atoms with Crippen LogP contribution in [0.4, 0.5) is 4.39 Å². The van der Waals surface area contributed by atoms with Gasteiger partial charge in [-0.05, 0) is 69.6 Å². The van der Waals surface area contributed by atoms with Gasteiger partial charge in [-0.3, -0.25) is 4.90 Å². The zero-order chi connectivity index (χ0) is 13.0. The van der Waals surface area contributed by atoms with E-state index in [0.717, 1.165) is 43.2 Å². The summed E-state index contributed by atoms with van der Waals surface area (Å²) in [7, 11) is 2.02. The lowest BCUT2D eigenvalue weighted by Gasteiger charge is -2.31. The molecule has 1 heterocycles. The molecule has 1 saturated heterocycles. The molecule has 1 aliphatic rings. The van der Waals surface area contributed by atoms with Gasteiger partial charge in [-0.25, -0.2) is 4.39 Å². The van der Waals surface area contributed by atoms with Crippen LogP contribution >= 0.6 is 0 Å². The second kappa shape index (κ2) is 6.30. The molecule has 1 aromatic rings. The highest BCUT2D eigenvalue weighted by atomic mass is 19.1. The summed E-state index contributed by atoms with van der Waals surface area (Å²) >= 11 is 0. The first-order valence-electron chi connectivity index (χ1n) is 6.81. The van der Waals surface area contributed by atoms with Gasteiger partial charge in [0.2, 0.25) is 0 Å². The number of nitrogens with zero attached hydrogens (tertiary/aromatic N) is 1. The molecule has 2 nitrogen and oxygen atoms in total. The largest absolute Gasteiger partial charge is 0.319 e. The summed E-state index contributed by atoms with van der Waals surface area (Å²) in [6, 6.07) is 5.59. The molecule has 3 heteroatoms. The van der Waals surface area contributed by atoms with Crippen molar-refractivity contribution in [2.75, 3.05) is 26.7 Å². The summed E-state index contributed by atoms with van der Waals surface area (Å²) in [4.78, 5) is 2.43. The van der Waals surface area contributed by atoms with Crippen molar-refractivity contribution in [3.05, 3.63) is 35.1 Å². The van der Waals surface area contributed by atoms with Gasteiger partial charge in [0.1, 0.15) is 5.82 Å². The number of likely N-dealkylation sites (tertiary alicyclic amines) is 1. The van der Waals surface area contributed by atoms with E-state index in [9.17, 15) is 4.39 Å². The second-order valence-corrected chi connectivity index (χ2v) is 5.36. The molecule has 0 bridgehead atoms. The van der Waals surface area contributed by atoms with Crippen LogP contribution in [0.5, 0.6) is 0 Å². The first-order valence-corrected chi connectivity index (χ1v) is 6.81. The van der Waals surface area contributed by atoms with Crippen molar-refractivity contribution in [1.29, 1.82) is 0 Å². The number of hydrogen-bond donors (Lipinski definition) is 1. The first-order chi connectivity index (χ1) is 8.69. The summed E-state index contributed by atoms with van der Waals surface area (Å²) in [5.41, 5.74) is 1.82. The van der Waals surface area contributed by atoms with Crippen LogP contribution in [0.25, 0.3) is 0 Å². The molecular formula is C15H23FN2. The third-order valence-corrected chi connectivity index (χ3v) is 3.84. The van der Waals surface area contributed by atoms with Crippen molar-refractivity contribution >= 4 is 0 Å². The van der Waals surface area contributed by atoms with Crippen LogP contribution < -0.4 is 5.32 Å². The Morgan fingerprint density at radius 1 is 1.33 bits per heavy atom. The monoisotopic (exact) mass is 250 g/mol. The predicted octanol–water partition coefficient (Wildman–Crippen LogP) is 2.57. The van der Waals surface area contributed by atoms with E-state index >= 15 is 0 Å². The van der Waals surface area contributed by atoms with Crippen molar-refractivity contribution in [1.82, 2.24) is 10.2 Å². The van der Waals surface area contributed by atoms with E-state index in [0.29, 0.717) is 0 Å². The van der Waals surface area contributed by atoms with Crippen molar-refractivity contribution in [2.45, 2.75) is 26.3 Å². The van der Waals surface area contributed by atoms with E-state index in [1.807, 2.05) is 26.1 Å². The number of benzene rings is 1. The first kappa shape index (κ1) is 13.5. The zero-order valence-corrected chi connectivity index (χ0v) is 11.4. The van der Waals surface area contributed by atoms with E-state index in [-0.39, 0.29) is 5.82 Å². The molecule has 0 unspecified atom stereocenters. The summed E-state index contributed by atoms with van der Waals surface area (Å²) in [5, 5.41) is 3.25. The van der Waals surface area contributed by atoms with Gasteiger partial charge >= 0.3 is 0 Å². The highest BCUT2D eigenvalue weighted by Crippen LogP contribution is 2.19. The van der Waals surface area contributed by atoms with Crippen LogP contribution in [0.1, 0.15) is 24.0 Å². The molecule has 0 aliphatic carbocycles. The molecular weight excluding hydrogens is 227 g/mol. The molecule has 0 saturated carbocycles. The summed E-state index contributed by atoms with van der Waals surface area (Å²) < 4.78 is 13.5. The van der Waals surface area contributed by atoms with Crippen molar-refractivity contribution in [2.24, 2.45) is 5.92 Å². The maximum atomic E-state index is 13.5. The van der Waals surface area contributed by atoms with Gasteiger partial charge in [-0.15, -0.1) is 0 Å². The van der Waals surface area contributed by atoms with Crippen LogP contribution in [-0.4, -0.2) is 31.6 Å². The van der Waals surface area contributed by atoms with Gasteiger partial charge in [-0.1, -0.05) is 12.1 Å². The number of piperidine rings is 1. The summed E-state index contributed by atoms with van der Waals surface area (Å²) in [6.07, 6.45) is 2.49. The average Bonchev–Trinajstić information content (AvgIpc) is 2.37. The van der Waals surface area contributed by atoms with E-state index in [4.69, 9.17) is 0 Å². The van der Waals surface area contributed by atoms with Crippen LogP contribution in [0, 0.1) is 18.7 Å². The molecule has 100 valence electrons. The molecule has 1 aromatic carbocycles. The number of aryl methyl sites for hydroxylation is 1. The zero-order valence-electron chi connectivity index (χ0n) is 11.4.